The fourth-order valence-corrected chi connectivity index (χ4v) is 3.14. The molecule has 0 saturated carbocycles. The topological polar surface area (TPSA) is 15.8 Å². The van der Waals surface area contributed by atoms with E-state index in [0.717, 1.165) is 0 Å². The summed E-state index contributed by atoms with van der Waals surface area (Å²) in [4.78, 5) is 3.37. The Balaban J connectivity index is 1.52. The first-order chi connectivity index (χ1) is 10.4. The summed E-state index contributed by atoms with van der Waals surface area (Å²) in [6.07, 6.45) is 17.5. The average Bonchev–Trinajstić information content (AvgIpc) is 2.92. The molecule has 1 aromatic carbocycles. The van der Waals surface area contributed by atoms with Gasteiger partial charge in [0, 0.05) is 17.1 Å². The van der Waals surface area contributed by atoms with E-state index in [1.807, 2.05) is 0 Å². The van der Waals surface area contributed by atoms with Crippen LogP contribution in [0.1, 0.15) is 76.7 Å². The minimum atomic E-state index is 1.22. The number of aromatic amines is 1. The number of aromatic nitrogens is 1. The van der Waals surface area contributed by atoms with Crippen molar-refractivity contribution in [2.45, 2.75) is 77.6 Å². The van der Waals surface area contributed by atoms with E-state index in [0.29, 0.717) is 0 Å². The fourth-order valence-electron chi connectivity index (χ4n) is 3.14. The van der Waals surface area contributed by atoms with Crippen molar-refractivity contribution in [1.82, 2.24) is 4.98 Å². The molecule has 0 bridgehead atoms. The monoisotopic (exact) mass is 285 g/mol. The standard InChI is InChI=1S/C20H31N/c1-2-3-4-5-6-7-8-9-10-11-14-18-17-21-20-16-13-12-15-19(18)20/h12-13,15-17,21H,2-11,14H2,1H3. The van der Waals surface area contributed by atoms with E-state index < -0.39 is 0 Å². The lowest BCUT2D eigenvalue weighted by atomic mass is 10.0. The summed E-state index contributed by atoms with van der Waals surface area (Å²) in [6, 6.07) is 8.64. The number of H-pyrrole nitrogens is 1. The Kier molecular flexibility index (Phi) is 7.42. The fraction of sp³-hybridized carbons (Fsp3) is 0.600. The molecule has 1 heterocycles. The van der Waals surface area contributed by atoms with Gasteiger partial charge in [0.05, 0.1) is 0 Å². The van der Waals surface area contributed by atoms with Crippen molar-refractivity contribution in [1.29, 1.82) is 0 Å². The highest BCUT2D eigenvalue weighted by Crippen LogP contribution is 2.20. The normalized spacial score (nSPS) is 11.3. The van der Waals surface area contributed by atoms with Crippen molar-refractivity contribution < 1.29 is 0 Å². The Morgan fingerprint density at radius 2 is 1.38 bits per heavy atom. The summed E-state index contributed by atoms with van der Waals surface area (Å²) in [7, 11) is 0. The van der Waals surface area contributed by atoms with Crippen LogP contribution in [-0.2, 0) is 6.42 Å². The summed E-state index contributed by atoms with van der Waals surface area (Å²) < 4.78 is 0. The Morgan fingerprint density at radius 3 is 2.10 bits per heavy atom. The smallest absolute Gasteiger partial charge is 0.0456 e. The third-order valence-corrected chi connectivity index (χ3v) is 4.47. The van der Waals surface area contributed by atoms with Gasteiger partial charge in [-0.25, -0.2) is 0 Å². The summed E-state index contributed by atoms with van der Waals surface area (Å²) in [6.45, 7) is 2.29. The van der Waals surface area contributed by atoms with Gasteiger partial charge >= 0.3 is 0 Å². The van der Waals surface area contributed by atoms with Crippen molar-refractivity contribution in [3.8, 4) is 0 Å². The molecule has 1 heteroatoms. The maximum atomic E-state index is 3.37. The van der Waals surface area contributed by atoms with Gasteiger partial charge in [-0.15, -0.1) is 0 Å². The summed E-state index contributed by atoms with van der Waals surface area (Å²) >= 11 is 0. The number of aryl methyl sites for hydroxylation is 1. The summed E-state index contributed by atoms with van der Waals surface area (Å²) in [5.74, 6) is 0. The minimum Gasteiger partial charge on any atom is -0.361 e. The predicted octanol–water partition coefficient (Wildman–Crippen LogP) is 6.63. The molecule has 2 rings (SSSR count). The van der Waals surface area contributed by atoms with Gasteiger partial charge < -0.3 is 4.98 Å². The third-order valence-electron chi connectivity index (χ3n) is 4.47. The van der Waals surface area contributed by atoms with Gasteiger partial charge in [0.25, 0.3) is 0 Å². The van der Waals surface area contributed by atoms with Gasteiger partial charge in [-0.2, -0.15) is 0 Å². The van der Waals surface area contributed by atoms with Gasteiger partial charge in [-0.3, -0.25) is 0 Å². The zero-order chi connectivity index (χ0) is 14.8. The molecule has 0 aliphatic heterocycles. The molecule has 1 aromatic heterocycles. The zero-order valence-electron chi connectivity index (χ0n) is 13.7. The molecular formula is C20H31N. The quantitative estimate of drug-likeness (QED) is 0.446. The number of hydrogen-bond donors (Lipinski definition) is 1. The molecule has 0 unspecified atom stereocenters. The molecule has 1 nitrogen and oxygen atoms in total. The summed E-state index contributed by atoms with van der Waals surface area (Å²) in [5, 5.41) is 1.41. The molecular weight excluding hydrogens is 254 g/mol. The second kappa shape index (κ2) is 9.65. The van der Waals surface area contributed by atoms with Crippen LogP contribution < -0.4 is 0 Å². The van der Waals surface area contributed by atoms with Crippen LogP contribution in [-0.4, -0.2) is 4.98 Å². The number of rotatable bonds is 11. The van der Waals surface area contributed by atoms with Crippen LogP contribution in [0, 0.1) is 0 Å². The molecule has 0 radical (unpaired) electrons. The molecule has 0 saturated heterocycles. The lowest BCUT2D eigenvalue weighted by molar-refractivity contribution is 0.556. The van der Waals surface area contributed by atoms with Crippen LogP contribution in [0.3, 0.4) is 0 Å². The van der Waals surface area contributed by atoms with Gasteiger partial charge in [-0.05, 0) is 24.5 Å². The van der Waals surface area contributed by atoms with Gasteiger partial charge in [0.2, 0.25) is 0 Å². The van der Waals surface area contributed by atoms with Crippen LogP contribution in [0.2, 0.25) is 0 Å². The number of unbranched alkanes of at least 4 members (excludes halogenated alkanes) is 9. The number of benzene rings is 1. The lowest BCUT2D eigenvalue weighted by Crippen LogP contribution is -1.85. The molecule has 2 aromatic rings. The highest BCUT2D eigenvalue weighted by atomic mass is 14.7. The Bertz CT molecular complexity index is 497. The molecule has 0 fully saturated rings. The Morgan fingerprint density at radius 1 is 0.762 bits per heavy atom. The van der Waals surface area contributed by atoms with Crippen molar-refractivity contribution in [2.75, 3.05) is 0 Å². The molecule has 0 atom stereocenters. The van der Waals surface area contributed by atoms with Gasteiger partial charge in [0.15, 0.2) is 0 Å². The van der Waals surface area contributed by atoms with Crippen LogP contribution in [0.5, 0.6) is 0 Å². The highest BCUT2D eigenvalue weighted by molar-refractivity contribution is 5.82. The van der Waals surface area contributed by atoms with E-state index in [-0.39, 0.29) is 0 Å². The molecule has 1 N–H and O–H groups in total. The SMILES string of the molecule is CCCCCCCCCCCCc1c[nH]c2ccccc12. The number of hydrogen-bond acceptors (Lipinski definition) is 0. The summed E-state index contributed by atoms with van der Waals surface area (Å²) in [5.41, 5.74) is 2.77. The first-order valence-electron chi connectivity index (χ1n) is 8.97. The Hall–Kier alpha value is -1.24. The molecule has 0 amide bonds. The first-order valence-corrected chi connectivity index (χ1v) is 8.97. The molecule has 21 heavy (non-hydrogen) atoms. The first kappa shape index (κ1) is 16.1. The van der Waals surface area contributed by atoms with Crippen LogP contribution >= 0.6 is 0 Å². The van der Waals surface area contributed by atoms with Crippen molar-refractivity contribution in [2.24, 2.45) is 0 Å². The highest BCUT2D eigenvalue weighted by Gasteiger charge is 2.02. The third kappa shape index (κ3) is 5.57. The number of para-hydroxylation sites is 1. The van der Waals surface area contributed by atoms with Gasteiger partial charge in [-0.1, -0.05) is 82.9 Å². The average molecular weight is 285 g/mol. The van der Waals surface area contributed by atoms with Crippen LogP contribution in [0.4, 0.5) is 0 Å². The maximum Gasteiger partial charge on any atom is 0.0456 e. The van der Waals surface area contributed by atoms with Crippen molar-refractivity contribution in [3.05, 3.63) is 36.0 Å². The van der Waals surface area contributed by atoms with Crippen LogP contribution in [0.25, 0.3) is 10.9 Å². The largest absolute Gasteiger partial charge is 0.361 e. The van der Waals surface area contributed by atoms with E-state index in [2.05, 4.69) is 42.4 Å². The van der Waals surface area contributed by atoms with E-state index in [4.69, 9.17) is 0 Å². The molecule has 0 aliphatic carbocycles. The Labute approximate surface area is 130 Å². The molecule has 0 aliphatic rings. The van der Waals surface area contributed by atoms with E-state index >= 15 is 0 Å². The maximum absolute atomic E-state index is 3.37. The predicted molar refractivity (Wildman–Crippen MR) is 93.8 cm³/mol. The zero-order valence-corrected chi connectivity index (χ0v) is 13.7. The second-order valence-corrected chi connectivity index (χ2v) is 6.29. The van der Waals surface area contributed by atoms with E-state index in [9.17, 15) is 0 Å². The van der Waals surface area contributed by atoms with Gasteiger partial charge in [0.1, 0.15) is 0 Å². The van der Waals surface area contributed by atoms with Crippen LogP contribution in [0.15, 0.2) is 30.5 Å². The van der Waals surface area contributed by atoms with E-state index in [1.54, 1.807) is 0 Å². The number of fused-ring (bicyclic) bond motifs is 1. The number of nitrogens with one attached hydrogen (secondary N) is 1. The molecule has 116 valence electrons. The molecule has 0 spiro atoms. The van der Waals surface area contributed by atoms with Crippen molar-refractivity contribution in [3.63, 3.8) is 0 Å². The van der Waals surface area contributed by atoms with E-state index in [1.165, 1.54) is 87.1 Å². The lowest BCUT2D eigenvalue weighted by Gasteiger charge is -2.02. The van der Waals surface area contributed by atoms with Crippen molar-refractivity contribution >= 4 is 10.9 Å². The minimum absolute atomic E-state index is 1.22. The second-order valence-electron chi connectivity index (χ2n) is 6.29.